The number of hydrogen-bond acceptors (Lipinski definition) is 5. The van der Waals surface area contributed by atoms with Gasteiger partial charge in [-0.05, 0) is 6.92 Å². The van der Waals surface area contributed by atoms with Crippen LogP contribution in [-0.4, -0.2) is 41.4 Å². The summed E-state index contributed by atoms with van der Waals surface area (Å²) < 4.78 is 4.67. The van der Waals surface area contributed by atoms with E-state index < -0.39 is 18.0 Å². The van der Waals surface area contributed by atoms with Crippen molar-refractivity contribution in [3.8, 4) is 0 Å². The molecule has 0 rings (SSSR count). The van der Waals surface area contributed by atoms with Gasteiger partial charge in [-0.1, -0.05) is 6.58 Å². The number of hydrogen-bond donors (Lipinski definition) is 3. The molecule has 6 heteroatoms. The van der Waals surface area contributed by atoms with Crippen LogP contribution in [0, 0.1) is 0 Å². The molecular formula is C10H15NO5. The molecule has 0 aliphatic rings. The van der Waals surface area contributed by atoms with Crippen LogP contribution in [-0.2, 0) is 14.3 Å². The molecule has 0 aromatic rings. The number of carbonyl (C=O) groups is 2. The molecule has 90 valence electrons. The topological polar surface area (TPSA) is 95.9 Å². The largest absolute Gasteiger partial charge is 0.478 e. The highest BCUT2D eigenvalue weighted by molar-refractivity contribution is 5.86. The lowest BCUT2D eigenvalue weighted by molar-refractivity contribution is -0.141. The van der Waals surface area contributed by atoms with Crippen LogP contribution < -0.4 is 5.32 Å². The molecule has 1 atom stereocenters. The summed E-state index contributed by atoms with van der Waals surface area (Å²) in [5, 5.41) is 20.1. The van der Waals surface area contributed by atoms with Crippen molar-refractivity contribution < 1.29 is 24.5 Å². The van der Waals surface area contributed by atoms with Crippen molar-refractivity contribution in [1.29, 1.82) is 0 Å². The summed E-state index contributed by atoms with van der Waals surface area (Å²) in [6.07, 6.45) is 1.18. The minimum atomic E-state index is -1.09. The van der Waals surface area contributed by atoms with Crippen molar-refractivity contribution in [3.05, 3.63) is 24.4 Å². The van der Waals surface area contributed by atoms with Crippen LogP contribution in [0.3, 0.4) is 0 Å². The summed E-state index contributed by atoms with van der Waals surface area (Å²) in [7, 11) is 0. The van der Waals surface area contributed by atoms with Crippen molar-refractivity contribution in [2.45, 2.75) is 13.0 Å². The predicted molar refractivity (Wildman–Crippen MR) is 56.6 cm³/mol. The molecule has 6 nitrogen and oxygen atoms in total. The number of aliphatic carboxylic acids is 1. The average Bonchev–Trinajstić information content (AvgIpc) is 2.20. The first-order valence-corrected chi connectivity index (χ1v) is 4.57. The molecular weight excluding hydrogens is 214 g/mol. The fourth-order valence-electron chi connectivity index (χ4n) is 0.688. The third-order valence-electron chi connectivity index (χ3n) is 1.45. The molecule has 3 N–H and O–H groups in total. The van der Waals surface area contributed by atoms with E-state index in [1.807, 2.05) is 0 Å². The Kier molecular flexibility index (Phi) is 6.62. The summed E-state index contributed by atoms with van der Waals surface area (Å²) in [5.41, 5.74) is 0.255. The second kappa shape index (κ2) is 7.47. The van der Waals surface area contributed by atoms with Crippen LogP contribution >= 0.6 is 0 Å². The highest BCUT2D eigenvalue weighted by atomic mass is 16.5. The van der Waals surface area contributed by atoms with E-state index in [9.17, 15) is 14.7 Å². The Morgan fingerprint density at radius 2 is 2.19 bits per heavy atom. The van der Waals surface area contributed by atoms with Gasteiger partial charge >= 0.3 is 11.9 Å². The van der Waals surface area contributed by atoms with E-state index in [1.165, 1.54) is 13.1 Å². The summed E-state index contributed by atoms with van der Waals surface area (Å²) in [4.78, 5) is 21.0. The second-order valence-electron chi connectivity index (χ2n) is 3.11. The molecule has 0 heterocycles. The van der Waals surface area contributed by atoms with Crippen LogP contribution in [0.4, 0.5) is 0 Å². The molecule has 1 unspecified atom stereocenters. The summed E-state index contributed by atoms with van der Waals surface area (Å²) in [6.45, 7) is 4.81. The normalized spacial score (nSPS) is 12.1. The molecule has 0 radical (unpaired) electrons. The smallest absolute Gasteiger partial charge is 0.333 e. The van der Waals surface area contributed by atoms with Gasteiger partial charge in [0.05, 0.1) is 0 Å². The van der Waals surface area contributed by atoms with Crippen LogP contribution in [0.1, 0.15) is 6.92 Å². The van der Waals surface area contributed by atoms with Gasteiger partial charge in [-0.25, -0.2) is 9.59 Å². The fourth-order valence-corrected chi connectivity index (χ4v) is 0.688. The Morgan fingerprint density at radius 1 is 1.56 bits per heavy atom. The zero-order valence-electron chi connectivity index (χ0n) is 8.97. The molecule has 0 saturated carbocycles. The van der Waals surface area contributed by atoms with Crippen LogP contribution in [0.5, 0.6) is 0 Å². The van der Waals surface area contributed by atoms with E-state index in [4.69, 9.17) is 5.11 Å². The van der Waals surface area contributed by atoms with Gasteiger partial charge in [0.2, 0.25) is 0 Å². The standard InChI is InChI=1S/C10H15NO5/c1-7(2)10(15)16-6-8(12)5-11-4-3-9(13)14/h3-4,8,11-12H,1,5-6H2,2H3,(H,13,14)/b4-3+. The van der Waals surface area contributed by atoms with Gasteiger partial charge in [0.25, 0.3) is 0 Å². The highest BCUT2D eigenvalue weighted by Crippen LogP contribution is 1.93. The maximum Gasteiger partial charge on any atom is 0.333 e. The quantitative estimate of drug-likeness (QED) is 0.408. The Bertz CT molecular complexity index is 298. The molecule has 0 fully saturated rings. The van der Waals surface area contributed by atoms with E-state index in [2.05, 4.69) is 16.6 Å². The van der Waals surface area contributed by atoms with Crippen molar-refractivity contribution in [1.82, 2.24) is 5.32 Å². The number of carboxylic acids is 1. The average molecular weight is 229 g/mol. The van der Waals surface area contributed by atoms with Gasteiger partial charge in [0, 0.05) is 24.4 Å². The molecule has 0 aromatic heterocycles. The lowest BCUT2D eigenvalue weighted by Gasteiger charge is -2.10. The molecule has 0 saturated heterocycles. The van der Waals surface area contributed by atoms with Gasteiger partial charge in [0.15, 0.2) is 0 Å². The number of rotatable bonds is 7. The van der Waals surface area contributed by atoms with E-state index >= 15 is 0 Å². The van der Waals surface area contributed by atoms with Crippen molar-refractivity contribution >= 4 is 11.9 Å². The van der Waals surface area contributed by atoms with E-state index in [0.29, 0.717) is 0 Å². The zero-order chi connectivity index (χ0) is 12.6. The van der Waals surface area contributed by atoms with Crippen molar-refractivity contribution in [3.63, 3.8) is 0 Å². The predicted octanol–water partition coefficient (Wildman–Crippen LogP) is -0.346. The second-order valence-corrected chi connectivity index (χ2v) is 3.11. The van der Waals surface area contributed by atoms with Gasteiger partial charge < -0.3 is 20.3 Å². The third kappa shape index (κ3) is 7.57. The summed E-state index contributed by atoms with van der Waals surface area (Å²) >= 11 is 0. The SMILES string of the molecule is C=C(C)C(=O)OCC(O)CN/C=C/C(=O)O. The van der Waals surface area contributed by atoms with Crippen molar-refractivity contribution in [2.24, 2.45) is 0 Å². The number of carboxylic acid groups (broad SMARTS) is 1. The molecule has 0 aliphatic carbocycles. The Hall–Kier alpha value is -1.82. The fraction of sp³-hybridized carbons (Fsp3) is 0.400. The number of esters is 1. The molecule has 0 bridgehead atoms. The Morgan fingerprint density at radius 3 is 2.69 bits per heavy atom. The van der Waals surface area contributed by atoms with Crippen LogP contribution in [0.25, 0.3) is 0 Å². The lowest BCUT2D eigenvalue weighted by atomic mass is 10.3. The molecule has 16 heavy (non-hydrogen) atoms. The first-order valence-electron chi connectivity index (χ1n) is 4.57. The monoisotopic (exact) mass is 229 g/mol. The van der Waals surface area contributed by atoms with Crippen molar-refractivity contribution in [2.75, 3.05) is 13.2 Å². The lowest BCUT2D eigenvalue weighted by Crippen LogP contribution is -2.28. The van der Waals surface area contributed by atoms with E-state index in [0.717, 1.165) is 6.08 Å². The Balaban J connectivity index is 3.67. The minimum absolute atomic E-state index is 0.0905. The number of aliphatic hydroxyl groups excluding tert-OH is 1. The Labute approximate surface area is 93.2 Å². The van der Waals surface area contributed by atoms with Gasteiger partial charge in [-0.2, -0.15) is 0 Å². The number of aliphatic hydroxyl groups is 1. The van der Waals surface area contributed by atoms with Gasteiger partial charge in [0.1, 0.15) is 12.7 Å². The number of ether oxygens (including phenoxy) is 1. The summed E-state index contributed by atoms with van der Waals surface area (Å²) in [6, 6.07) is 0. The minimum Gasteiger partial charge on any atom is -0.478 e. The highest BCUT2D eigenvalue weighted by Gasteiger charge is 2.08. The van der Waals surface area contributed by atoms with Crippen LogP contribution in [0.15, 0.2) is 24.4 Å². The van der Waals surface area contributed by atoms with E-state index in [-0.39, 0.29) is 18.7 Å². The van der Waals surface area contributed by atoms with Crippen LogP contribution in [0.2, 0.25) is 0 Å². The third-order valence-corrected chi connectivity index (χ3v) is 1.45. The first-order chi connectivity index (χ1) is 7.43. The summed E-state index contributed by atoms with van der Waals surface area (Å²) in [5.74, 6) is -1.66. The molecule has 0 aliphatic heterocycles. The number of nitrogens with one attached hydrogen (secondary N) is 1. The maximum absolute atomic E-state index is 10.9. The first kappa shape index (κ1) is 14.2. The zero-order valence-corrected chi connectivity index (χ0v) is 8.97. The molecule has 0 aromatic carbocycles. The molecule has 0 spiro atoms. The maximum atomic E-state index is 10.9. The molecule has 0 amide bonds. The van der Waals surface area contributed by atoms with Gasteiger partial charge in [-0.15, -0.1) is 0 Å². The number of carbonyl (C=O) groups excluding carboxylic acids is 1. The van der Waals surface area contributed by atoms with E-state index in [1.54, 1.807) is 0 Å². The van der Waals surface area contributed by atoms with Gasteiger partial charge in [-0.3, -0.25) is 0 Å².